The van der Waals surface area contributed by atoms with Gasteiger partial charge in [0.2, 0.25) is 5.91 Å². The van der Waals surface area contributed by atoms with Gasteiger partial charge in [0.05, 0.1) is 18.9 Å². The highest BCUT2D eigenvalue weighted by atomic mass is 35.5. The van der Waals surface area contributed by atoms with Crippen LogP contribution in [-0.4, -0.2) is 42.1 Å². The lowest BCUT2D eigenvalue weighted by Gasteiger charge is -2.17. The highest BCUT2D eigenvalue weighted by Gasteiger charge is 2.40. The lowest BCUT2D eigenvalue weighted by molar-refractivity contribution is -0.141. The average molecular weight is 388 g/mol. The van der Waals surface area contributed by atoms with Crippen molar-refractivity contribution in [1.82, 2.24) is 4.90 Å². The minimum atomic E-state index is -0.882. The predicted molar refractivity (Wildman–Crippen MR) is 103 cm³/mol. The average Bonchev–Trinajstić information content (AvgIpc) is 3.09. The summed E-state index contributed by atoms with van der Waals surface area (Å²) in [5.41, 5.74) is 2.80. The summed E-state index contributed by atoms with van der Waals surface area (Å²) in [5, 5.41) is 10.2. The molecule has 1 aliphatic rings. The van der Waals surface area contributed by atoms with Crippen LogP contribution in [0.3, 0.4) is 0 Å². The molecule has 1 heterocycles. The van der Waals surface area contributed by atoms with Crippen molar-refractivity contribution < 1.29 is 19.4 Å². The van der Waals surface area contributed by atoms with E-state index in [2.05, 4.69) is 0 Å². The summed E-state index contributed by atoms with van der Waals surface area (Å²) in [6, 6.07) is 14.9. The number of rotatable bonds is 6. The fraction of sp³-hybridized carbons (Fsp3) is 0.333. The summed E-state index contributed by atoms with van der Waals surface area (Å²) in [4.78, 5) is 26.1. The molecule has 0 saturated carbocycles. The Hall–Kier alpha value is -2.37. The third-order valence-corrected chi connectivity index (χ3v) is 5.20. The second-order valence-corrected chi connectivity index (χ2v) is 7.27. The molecule has 5 nitrogen and oxygen atoms in total. The Bertz CT molecular complexity index is 821. The van der Waals surface area contributed by atoms with Crippen LogP contribution < -0.4 is 0 Å². The van der Waals surface area contributed by atoms with E-state index in [-0.39, 0.29) is 24.8 Å². The van der Waals surface area contributed by atoms with Gasteiger partial charge in [0, 0.05) is 31.1 Å². The van der Waals surface area contributed by atoms with Crippen LogP contribution in [0.15, 0.2) is 48.5 Å². The second kappa shape index (κ2) is 8.55. The van der Waals surface area contributed by atoms with E-state index in [0.29, 0.717) is 18.2 Å². The molecule has 0 spiro atoms. The molecular formula is C21H22ClNO4. The van der Waals surface area contributed by atoms with Gasteiger partial charge in [-0.1, -0.05) is 48.0 Å². The molecule has 0 radical (unpaired) electrons. The van der Waals surface area contributed by atoms with Crippen LogP contribution in [0.1, 0.15) is 22.6 Å². The first-order valence-corrected chi connectivity index (χ1v) is 9.18. The number of hydrogen-bond acceptors (Lipinski definition) is 3. The van der Waals surface area contributed by atoms with E-state index in [1.807, 2.05) is 36.4 Å². The molecule has 3 rings (SSSR count). The summed E-state index contributed by atoms with van der Waals surface area (Å²) in [7, 11) is 1.63. The van der Waals surface area contributed by atoms with Gasteiger partial charge in [-0.25, -0.2) is 0 Å². The number of hydrogen-bond donors (Lipinski definition) is 1. The quantitative estimate of drug-likeness (QED) is 0.825. The number of carboxylic acid groups (broad SMARTS) is 1. The van der Waals surface area contributed by atoms with E-state index in [0.717, 1.165) is 16.7 Å². The van der Waals surface area contributed by atoms with Crippen molar-refractivity contribution in [2.24, 2.45) is 5.92 Å². The van der Waals surface area contributed by atoms with Gasteiger partial charge in [0.25, 0.3) is 0 Å². The number of nitrogens with zero attached hydrogens (tertiary/aromatic N) is 1. The molecule has 6 heteroatoms. The third kappa shape index (κ3) is 4.67. The minimum Gasteiger partial charge on any atom is -0.481 e. The largest absolute Gasteiger partial charge is 0.481 e. The molecule has 1 saturated heterocycles. The fourth-order valence-corrected chi connectivity index (χ4v) is 3.71. The molecule has 2 aromatic rings. The van der Waals surface area contributed by atoms with Gasteiger partial charge in [-0.2, -0.15) is 0 Å². The number of halogens is 1. The Morgan fingerprint density at radius 1 is 1.15 bits per heavy atom. The van der Waals surface area contributed by atoms with Gasteiger partial charge in [0.15, 0.2) is 0 Å². The molecular weight excluding hydrogens is 366 g/mol. The van der Waals surface area contributed by atoms with Crippen LogP contribution in [0.5, 0.6) is 0 Å². The van der Waals surface area contributed by atoms with Crippen molar-refractivity contribution >= 4 is 23.5 Å². The summed E-state index contributed by atoms with van der Waals surface area (Å²) < 4.78 is 5.13. The van der Waals surface area contributed by atoms with Crippen LogP contribution in [0, 0.1) is 5.92 Å². The number of ether oxygens (including phenoxy) is 1. The van der Waals surface area contributed by atoms with Gasteiger partial charge in [-0.15, -0.1) is 0 Å². The molecule has 142 valence electrons. The monoisotopic (exact) mass is 387 g/mol. The number of carbonyl (C=O) groups is 2. The molecule has 1 fully saturated rings. The SMILES string of the molecule is COCc1cccc(CC(=O)N2C[C@@H](C(=O)O)[C@H](c3ccc(Cl)cc3)C2)c1. The molecule has 0 unspecified atom stereocenters. The minimum absolute atomic E-state index is 0.0627. The van der Waals surface area contributed by atoms with Gasteiger partial charge >= 0.3 is 5.97 Å². The first-order valence-electron chi connectivity index (χ1n) is 8.80. The van der Waals surface area contributed by atoms with Crippen LogP contribution >= 0.6 is 11.6 Å². The number of carboxylic acids is 1. The molecule has 1 amide bonds. The summed E-state index contributed by atoms with van der Waals surface area (Å²) >= 11 is 5.93. The van der Waals surface area contributed by atoms with Gasteiger partial charge in [0.1, 0.15) is 0 Å². The lowest BCUT2D eigenvalue weighted by Crippen LogP contribution is -2.31. The van der Waals surface area contributed by atoms with Crippen molar-refractivity contribution in [1.29, 1.82) is 0 Å². The van der Waals surface area contributed by atoms with Gasteiger partial charge in [-0.3, -0.25) is 9.59 Å². The number of aliphatic carboxylic acids is 1. The van der Waals surface area contributed by atoms with Crippen molar-refractivity contribution in [3.05, 3.63) is 70.2 Å². The number of benzene rings is 2. The summed E-state index contributed by atoms with van der Waals surface area (Å²) in [5.74, 6) is -1.79. The molecule has 0 aromatic heterocycles. The van der Waals surface area contributed by atoms with Crippen molar-refractivity contribution in [2.45, 2.75) is 18.9 Å². The molecule has 0 aliphatic carbocycles. The summed E-state index contributed by atoms with van der Waals surface area (Å²) in [6.45, 7) is 1.11. The molecule has 27 heavy (non-hydrogen) atoms. The molecule has 1 N–H and O–H groups in total. The Kier molecular flexibility index (Phi) is 6.14. The van der Waals surface area contributed by atoms with E-state index in [1.165, 1.54) is 0 Å². The van der Waals surface area contributed by atoms with E-state index in [1.54, 1.807) is 24.1 Å². The number of methoxy groups -OCH3 is 1. The maximum absolute atomic E-state index is 12.8. The standard InChI is InChI=1S/C21H22ClNO4/c1-27-13-15-4-2-3-14(9-15)10-20(24)23-11-18(19(12-23)21(25)26)16-5-7-17(22)8-6-16/h2-9,18-19H,10-13H2,1H3,(H,25,26)/t18-,19+/m0/s1. The molecule has 2 atom stereocenters. The van der Waals surface area contributed by atoms with Crippen LogP contribution in [-0.2, 0) is 27.4 Å². The van der Waals surface area contributed by atoms with Crippen LogP contribution in [0.4, 0.5) is 0 Å². The first kappa shape index (κ1) is 19.4. The Morgan fingerprint density at radius 2 is 1.85 bits per heavy atom. The second-order valence-electron chi connectivity index (χ2n) is 6.83. The van der Waals surface area contributed by atoms with E-state index in [4.69, 9.17) is 16.3 Å². The van der Waals surface area contributed by atoms with Crippen molar-refractivity contribution in [3.63, 3.8) is 0 Å². The number of likely N-dealkylation sites (tertiary alicyclic amines) is 1. The molecule has 2 aromatic carbocycles. The Balaban J connectivity index is 1.73. The zero-order valence-electron chi connectivity index (χ0n) is 15.1. The predicted octanol–water partition coefficient (Wildman–Crippen LogP) is 3.36. The summed E-state index contributed by atoms with van der Waals surface area (Å²) in [6.07, 6.45) is 0.247. The highest BCUT2D eigenvalue weighted by Crippen LogP contribution is 2.33. The zero-order valence-corrected chi connectivity index (χ0v) is 15.9. The highest BCUT2D eigenvalue weighted by molar-refractivity contribution is 6.30. The van der Waals surface area contributed by atoms with E-state index >= 15 is 0 Å². The zero-order chi connectivity index (χ0) is 19.4. The van der Waals surface area contributed by atoms with E-state index in [9.17, 15) is 14.7 Å². The third-order valence-electron chi connectivity index (χ3n) is 4.95. The van der Waals surface area contributed by atoms with E-state index < -0.39 is 11.9 Å². The van der Waals surface area contributed by atoms with Crippen LogP contribution in [0.25, 0.3) is 0 Å². The maximum atomic E-state index is 12.8. The number of amides is 1. The fourth-order valence-electron chi connectivity index (χ4n) is 3.59. The van der Waals surface area contributed by atoms with Crippen LogP contribution in [0.2, 0.25) is 5.02 Å². The smallest absolute Gasteiger partial charge is 0.308 e. The van der Waals surface area contributed by atoms with Gasteiger partial charge in [-0.05, 0) is 28.8 Å². The molecule has 1 aliphatic heterocycles. The maximum Gasteiger partial charge on any atom is 0.308 e. The number of carbonyl (C=O) groups excluding carboxylic acids is 1. The Labute approximate surface area is 163 Å². The lowest BCUT2D eigenvalue weighted by atomic mass is 9.89. The van der Waals surface area contributed by atoms with Gasteiger partial charge < -0.3 is 14.7 Å². The van der Waals surface area contributed by atoms with Crippen molar-refractivity contribution in [2.75, 3.05) is 20.2 Å². The molecule has 0 bridgehead atoms. The van der Waals surface area contributed by atoms with Crippen molar-refractivity contribution in [3.8, 4) is 0 Å². The Morgan fingerprint density at radius 3 is 2.52 bits per heavy atom. The topological polar surface area (TPSA) is 66.8 Å². The normalized spacial score (nSPS) is 19.3. The first-order chi connectivity index (χ1) is 13.0.